The van der Waals surface area contributed by atoms with Gasteiger partial charge >= 0.3 is 0 Å². The van der Waals surface area contributed by atoms with Crippen LogP contribution in [-0.4, -0.2) is 9.13 Å². The van der Waals surface area contributed by atoms with Gasteiger partial charge in [-0.25, -0.2) is 0 Å². The van der Waals surface area contributed by atoms with Crippen LogP contribution in [0.3, 0.4) is 0 Å². The predicted octanol–water partition coefficient (Wildman–Crippen LogP) is 16.7. The number of aromatic nitrogens is 2. The van der Waals surface area contributed by atoms with Crippen LogP contribution < -0.4 is 0 Å². The summed E-state index contributed by atoms with van der Waals surface area (Å²) in [6, 6.07) is 78.4. The lowest BCUT2D eigenvalue weighted by molar-refractivity contribution is 0.658. The van der Waals surface area contributed by atoms with E-state index in [2.05, 4.69) is 228 Å². The molecule has 0 aliphatic rings. The fourth-order valence-electron chi connectivity index (χ4n) is 10.4. The summed E-state index contributed by atoms with van der Waals surface area (Å²) in [7, 11) is 0. The minimum atomic E-state index is 0.822. The number of fused-ring (bicyclic) bond motifs is 12. The Morgan fingerprint density at radius 3 is 1.06 bits per heavy atom. The lowest BCUT2D eigenvalue weighted by Gasteiger charge is -2.10. The fraction of sp³-hybridized carbons (Fsp3) is 0. The first-order valence-electron chi connectivity index (χ1n) is 21.8. The van der Waals surface area contributed by atoms with E-state index in [4.69, 9.17) is 8.83 Å². The SMILES string of the molecule is c1ccc(-c2c3oc4ccc(-c5cccc(-n6c7ccccc7c7ccccc76)c5)cc4c3cc3c2oc2ccc(-c4cccc(-n5c6ccccc6c6ccccc65)c4)cc23)cc1. The van der Waals surface area contributed by atoms with E-state index in [1.807, 2.05) is 0 Å². The first kappa shape index (κ1) is 35.0. The zero-order valence-corrected chi connectivity index (χ0v) is 34.5. The second kappa shape index (κ2) is 13.4. The maximum Gasteiger partial charge on any atom is 0.147 e. The molecule has 0 aliphatic heterocycles. The normalized spacial score (nSPS) is 12.1. The minimum absolute atomic E-state index is 0.822. The molecular weight excluding hydrogens is 781 g/mol. The monoisotopic (exact) mass is 816 g/mol. The second-order valence-corrected chi connectivity index (χ2v) is 16.8. The molecule has 0 fully saturated rings. The van der Waals surface area contributed by atoms with Crippen LogP contribution in [0, 0.1) is 0 Å². The predicted molar refractivity (Wildman–Crippen MR) is 266 cm³/mol. The minimum Gasteiger partial charge on any atom is -0.455 e. The average Bonchev–Trinajstić information content (AvgIpc) is 4.11. The first-order chi connectivity index (χ1) is 31.7. The molecule has 298 valence electrons. The van der Waals surface area contributed by atoms with Crippen molar-refractivity contribution in [3.05, 3.63) is 218 Å². The summed E-state index contributed by atoms with van der Waals surface area (Å²) in [4.78, 5) is 0. The molecule has 0 saturated heterocycles. The van der Waals surface area contributed by atoms with Crippen LogP contribution in [-0.2, 0) is 0 Å². The third-order valence-electron chi connectivity index (χ3n) is 13.3. The molecule has 4 heterocycles. The molecule has 4 heteroatoms. The number of para-hydroxylation sites is 4. The Kier molecular flexibility index (Phi) is 7.36. The summed E-state index contributed by atoms with van der Waals surface area (Å²) in [6.45, 7) is 0. The van der Waals surface area contributed by atoms with E-state index >= 15 is 0 Å². The van der Waals surface area contributed by atoms with Gasteiger partial charge in [0.2, 0.25) is 0 Å². The Morgan fingerprint density at radius 2 is 0.625 bits per heavy atom. The summed E-state index contributed by atoms with van der Waals surface area (Å²) in [6.07, 6.45) is 0. The number of hydrogen-bond donors (Lipinski definition) is 0. The number of nitrogens with zero attached hydrogens (tertiary/aromatic N) is 2. The summed E-state index contributed by atoms with van der Waals surface area (Å²) in [5, 5.41) is 9.26. The maximum absolute atomic E-state index is 6.85. The molecule has 0 bridgehead atoms. The highest BCUT2D eigenvalue weighted by Gasteiger charge is 2.22. The molecule has 10 aromatic carbocycles. The molecule has 14 rings (SSSR count). The van der Waals surface area contributed by atoms with Crippen molar-refractivity contribution in [1.29, 1.82) is 0 Å². The maximum atomic E-state index is 6.85. The Labute approximate surface area is 367 Å². The number of furan rings is 2. The molecule has 0 amide bonds. The van der Waals surface area contributed by atoms with Crippen LogP contribution in [0.15, 0.2) is 227 Å². The number of benzene rings is 10. The van der Waals surface area contributed by atoms with Gasteiger partial charge in [-0.2, -0.15) is 0 Å². The van der Waals surface area contributed by atoms with Crippen molar-refractivity contribution in [3.8, 4) is 44.8 Å². The Balaban J connectivity index is 0.945. The van der Waals surface area contributed by atoms with Gasteiger partial charge in [-0.05, 0) is 107 Å². The third kappa shape index (κ3) is 5.11. The summed E-state index contributed by atoms with van der Waals surface area (Å²) in [5.41, 5.74) is 16.9. The molecule has 0 saturated carbocycles. The van der Waals surface area contributed by atoms with Crippen LogP contribution in [0.2, 0.25) is 0 Å². The molecule has 0 radical (unpaired) electrons. The van der Waals surface area contributed by atoms with E-state index in [0.29, 0.717) is 0 Å². The van der Waals surface area contributed by atoms with E-state index in [0.717, 1.165) is 88.6 Å². The lowest BCUT2D eigenvalue weighted by atomic mass is 9.96. The van der Waals surface area contributed by atoms with Gasteiger partial charge in [-0.3, -0.25) is 0 Å². The van der Waals surface area contributed by atoms with E-state index < -0.39 is 0 Å². The molecular formula is C60H36N2O2. The Bertz CT molecular complexity index is 3840. The fourth-order valence-corrected chi connectivity index (χ4v) is 10.4. The molecule has 0 spiro atoms. The van der Waals surface area contributed by atoms with Gasteiger partial charge in [0.25, 0.3) is 0 Å². The summed E-state index contributed by atoms with van der Waals surface area (Å²) in [5.74, 6) is 0. The van der Waals surface area contributed by atoms with Crippen molar-refractivity contribution < 1.29 is 8.83 Å². The van der Waals surface area contributed by atoms with Crippen LogP contribution in [0.4, 0.5) is 0 Å². The summed E-state index contributed by atoms with van der Waals surface area (Å²) < 4.78 is 18.4. The Morgan fingerprint density at radius 1 is 0.250 bits per heavy atom. The van der Waals surface area contributed by atoms with Gasteiger partial charge < -0.3 is 18.0 Å². The van der Waals surface area contributed by atoms with E-state index in [-0.39, 0.29) is 0 Å². The van der Waals surface area contributed by atoms with Gasteiger partial charge in [0.05, 0.1) is 27.6 Å². The van der Waals surface area contributed by atoms with Gasteiger partial charge in [0, 0.05) is 54.5 Å². The van der Waals surface area contributed by atoms with Crippen molar-refractivity contribution in [2.75, 3.05) is 0 Å². The van der Waals surface area contributed by atoms with Crippen LogP contribution in [0.25, 0.3) is 132 Å². The molecule has 14 aromatic rings. The van der Waals surface area contributed by atoms with Crippen LogP contribution >= 0.6 is 0 Å². The molecule has 0 atom stereocenters. The van der Waals surface area contributed by atoms with E-state index in [1.54, 1.807) is 0 Å². The zero-order chi connectivity index (χ0) is 41.9. The molecule has 0 aliphatic carbocycles. The van der Waals surface area contributed by atoms with Crippen molar-refractivity contribution in [1.82, 2.24) is 9.13 Å². The number of rotatable bonds is 5. The molecule has 4 nitrogen and oxygen atoms in total. The van der Waals surface area contributed by atoms with Crippen molar-refractivity contribution in [2.24, 2.45) is 0 Å². The zero-order valence-electron chi connectivity index (χ0n) is 34.5. The second-order valence-electron chi connectivity index (χ2n) is 16.8. The number of hydrogen-bond acceptors (Lipinski definition) is 2. The van der Waals surface area contributed by atoms with Crippen molar-refractivity contribution in [2.45, 2.75) is 0 Å². The standard InChI is InChI=1S/C60H36N2O2/c1-2-14-37(15-3-1)58-59-50(48-34-40(28-30-56(48)63-59)38-16-12-18-42(32-38)61-52-24-8-4-20-44(52)45-21-5-9-25-53(45)61)36-51-49-35-41(29-31-57(49)64-60(51)58)39-17-13-19-43(33-39)62-54-26-10-6-22-46(54)47-23-7-11-27-55(47)62/h1-36H. The molecule has 4 aromatic heterocycles. The largest absolute Gasteiger partial charge is 0.455 e. The highest BCUT2D eigenvalue weighted by Crippen LogP contribution is 2.46. The smallest absolute Gasteiger partial charge is 0.147 e. The topological polar surface area (TPSA) is 36.1 Å². The molecule has 64 heavy (non-hydrogen) atoms. The van der Waals surface area contributed by atoms with Gasteiger partial charge in [0.15, 0.2) is 0 Å². The molecule has 0 N–H and O–H groups in total. The summed E-state index contributed by atoms with van der Waals surface area (Å²) >= 11 is 0. The Hall–Kier alpha value is -8.60. The van der Waals surface area contributed by atoms with Gasteiger partial charge in [-0.15, -0.1) is 0 Å². The lowest BCUT2D eigenvalue weighted by Crippen LogP contribution is -1.94. The van der Waals surface area contributed by atoms with E-state index in [1.165, 1.54) is 43.6 Å². The quantitative estimate of drug-likeness (QED) is 0.173. The van der Waals surface area contributed by atoms with Gasteiger partial charge in [0.1, 0.15) is 22.3 Å². The van der Waals surface area contributed by atoms with Crippen LogP contribution in [0.5, 0.6) is 0 Å². The average molecular weight is 817 g/mol. The van der Waals surface area contributed by atoms with Crippen molar-refractivity contribution >= 4 is 87.5 Å². The van der Waals surface area contributed by atoms with E-state index in [9.17, 15) is 0 Å². The third-order valence-corrected chi connectivity index (χ3v) is 13.3. The highest BCUT2D eigenvalue weighted by atomic mass is 16.3. The van der Waals surface area contributed by atoms with Crippen molar-refractivity contribution in [3.63, 3.8) is 0 Å². The van der Waals surface area contributed by atoms with Gasteiger partial charge in [-0.1, -0.05) is 140 Å². The molecule has 0 unspecified atom stereocenters. The first-order valence-corrected chi connectivity index (χ1v) is 21.8. The van der Waals surface area contributed by atoms with Crippen LogP contribution in [0.1, 0.15) is 0 Å². The highest BCUT2D eigenvalue weighted by molar-refractivity contribution is 6.22.